The third kappa shape index (κ3) is 2.14. The van der Waals surface area contributed by atoms with E-state index in [1.165, 1.54) is 0 Å². The summed E-state index contributed by atoms with van der Waals surface area (Å²) in [6.07, 6.45) is 1.23. The highest BCUT2D eigenvalue weighted by Gasteiger charge is 2.27. The first kappa shape index (κ1) is 9.69. The molecule has 1 saturated carbocycles. The molecule has 0 unspecified atom stereocenters. The van der Waals surface area contributed by atoms with E-state index in [9.17, 15) is 4.79 Å². The zero-order valence-electron chi connectivity index (χ0n) is 7.70. The molecule has 1 aromatic rings. The summed E-state index contributed by atoms with van der Waals surface area (Å²) in [4.78, 5) is 10.7. The maximum Gasteiger partial charge on any atom is 0.138 e. The molecule has 0 aromatic heterocycles. The van der Waals surface area contributed by atoms with E-state index in [2.05, 4.69) is 0 Å². The Labute approximate surface area is 87.8 Å². The number of hydrogen-bond donors (Lipinski definition) is 0. The maximum absolute atomic E-state index is 10.7. The molecule has 0 bridgehead atoms. The molecule has 1 aliphatic carbocycles. The molecule has 0 radical (unpaired) electrons. The van der Waals surface area contributed by atoms with Gasteiger partial charge in [-0.25, -0.2) is 0 Å². The van der Waals surface area contributed by atoms with Gasteiger partial charge < -0.3 is 4.74 Å². The van der Waals surface area contributed by atoms with Gasteiger partial charge in [-0.2, -0.15) is 0 Å². The smallest absolute Gasteiger partial charge is 0.138 e. The second-order valence-corrected chi connectivity index (χ2v) is 3.88. The van der Waals surface area contributed by atoms with Crippen molar-refractivity contribution in [3.05, 3.63) is 34.9 Å². The van der Waals surface area contributed by atoms with Crippen LogP contribution in [0.2, 0.25) is 5.02 Å². The number of benzene rings is 1. The van der Waals surface area contributed by atoms with Crippen LogP contribution in [0.1, 0.15) is 18.4 Å². The zero-order valence-corrected chi connectivity index (χ0v) is 8.46. The molecule has 1 aromatic carbocycles. The Bertz CT molecular complexity index is 341. The molecule has 2 rings (SSSR count). The van der Waals surface area contributed by atoms with Gasteiger partial charge in [0.1, 0.15) is 5.78 Å². The zero-order chi connectivity index (χ0) is 9.97. The fourth-order valence-corrected chi connectivity index (χ4v) is 1.58. The highest BCUT2D eigenvalue weighted by molar-refractivity contribution is 6.31. The predicted octanol–water partition coefficient (Wildman–Crippen LogP) is 2.59. The van der Waals surface area contributed by atoms with Gasteiger partial charge >= 0.3 is 0 Å². The van der Waals surface area contributed by atoms with Crippen LogP contribution in [0.4, 0.5) is 0 Å². The Morgan fingerprint density at radius 1 is 1.36 bits per heavy atom. The Hall–Kier alpha value is -0.860. The van der Waals surface area contributed by atoms with Crippen molar-refractivity contribution in [2.24, 2.45) is 0 Å². The van der Waals surface area contributed by atoms with Crippen molar-refractivity contribution in [3.8, 4) is 0 Å². The molecule has 0 amide bonds. The second kappa shape index (κ2) is 4.11. The van der Waals surface area contributed by atoms with Crippen molar-refractivity contribution in [2.75, 3.05) is 0 Å². The van der Waals surface area contributed by atoms with Crippen LogP contribution >= 0.6 is 11.6 Å². The molecule has 74 valence electrons. The summed E-state index contributed by atoms with van der Waals surface area (Å²) in [7, 11) is 0. The lowest BCUT2D eigenvalue weighted by atomic mass is 9.94. The third-order valence-corrected chi connectivity index (χ3v) is 2.71. The molecule has 14 heavy (non-hydrogen) atoms. The fraction of sp³-hybridized carbons (Fsp3) is 0.364. The van der Waals surface area contributed by atoms with E-state index < -0.39 is 0 Å². The van der Waals surface area contributed by atoms with E-state index in [4.69, 9.17) is 16.3 Å². The normalized spacial score (nSPS) is 16.8. The SMILES string of the molecule is O=C1CC(OCc2ccccc2Cl)C1. The van der Waals surface area contributed by atoms with E-state index in [1.807, 2.05) is 24.3 Å². The van der Waals surface area contributed by atoms with Gasteiger partial charge in [-0.3, -0.25) is 4.79 Å². The summed E-state index contributed by atoms with van der Waals surface area (Å²) in [5, 5.41) is 0.721. The molecular formula is C11H11ClO2. The first-order chi connectivity index (χ1) is 6.75. The topological polar surface area (TPSA) is 26.3 Å². The van der Waals surface area contributed by atoms with Crippen molar-refractivity contribution in [1.29, 1.82) is 0 Å². The minimum atomic E-state index is 0.110. The van der Waals surface area contributed by atoms with Gasteiger partial charge in [0.25, 0.3) is 0 Å². The third-order valence-electron chi connectivity index (χ3n) is 2.34. The molecule has 0 atom stereocenters. The molecule has 0 spiro atoms. The fourth-order valence-electron chi connectivity index (χ4n) is 1.39. The summed E-state index contributed by atoms with van der Waals surface area (Å²) in [5.74, 6) is 0.286. The van der Waals surface area contributed by atoms with Gasteiger partial charge in [0.2, 0.25) is 0 Å². The van der Waals surface area contributed by atoms with Crippen LogP contribution in [0.5, 0.6) is 0 Å². The Morgan fingerprint density at radius 3 is 2.71 bits per heavy atom. The molecule has 0 N–H and O–H groups in total. The lowest BCUT2D eigenvalue weighted by molar-refractivity contribution is -0.135. The standard InChI is InChI=1S/C11H11ClO2/c12-11-4-2-1-3-8(11)7-14-10-5-9(13)6-10/h1-4,10H,5-7H2. The van der Waals surface area contributed by atoms with Crippen molar-refractivity contribution in [2.45, 2.75) is 25.6 Å². The summed E-state index contributed by atoms with van der Waals surface area (Å²) in [6.45, 7) is 0.498. The quantitative estimate of drug-likeness (QED) is 0.767. The van der Waals surface area contributed by atoms with Crippen LogP contribution in [0.3, 0.4) is 0 Å². The van der Waals surface area contributed by atoms with Crippen molar-refractivity contribution in [1.82, 2.24) is 0 Å². The van der Waals surface area contributed by atoms with Gasteiger partial charge in [0, 0.05) is 17.9 Å². The van der Waals surface area contributed by atoms with E-state index >= 15 is 0 Å². The van der Waals surface area contributed by atoms with Gasteiger partial charge in [0.15, 0.2) is 0 Å². The number of halogens is 1. The minimum Gasteiger partial charge on any atom is -0.373 e. The van der Waals surface area contributed by atoms with Crippen LogP contribution in [-0.4, -0.2) is 11.9 Å². The number of carbonyl (C=O) groups is 1. The van der Waals surface area contributed by atoms with E-state index in [1.54, 1.807) is 0 Å². The number of Topliss-reactive ketones (excluding diaryl/α,β-unsaturated/α-hetero) is 1. The molecule has 1 fully saturated rings. The molecule has 0 heterocycles. The molecular weight excluding hydrogens is 200 g/mol. The summed E-state index contributed by atoms with van der Waals surface area (Å²) in [5.41, 5.74) is 0.980. The predicted molar refractivity (Wildman–Crippen MR) is 54.3 cm³/mol. The molecule has 0 saturated heterocycles. The first-order valence-electron chi connectivity index (χ1n) is 4.62. The van der Waals surface area contributed by atoms with Gasteiger partial charge in [-0.05, 0) is 11.6 Å². The maximum atomic E-state index is 10.7. The Morgan fingerprint density at radius 2 is 2.07 bits per heavy atom. The van der Waals surface area contributed by atoms with Crippen molar-refractivity contribution >= 4 is 17.4 Å². The molecule has 3 heteroatoms. The van der Waals surface area contributed by atoms with Crippen molar-refractivity contribution in [3.63, 3.8) is 0 Å². The van der Waals surface area contributed by atoms with Crippen LogP contribution in [-0.2, 0) is 16.1 Å². The highest BCUT2D eigenvalue weighted by Crippen LogP contribution is 2.22. The van der Waals surface area contributed by atoms with Crippen LogP contribution < -0.4 is 0 Å². The summed E-state index contributed by atoms with van der Waals surface area (Å²) >= 11 is 5.95. The van der Waals surface area contributed by atoms with Gasteiger partial charge in [-0.15, -0.1) is 0 Å². The monoisotopic (exact) mass is 210 g/mol. The number of carbonyl (C=O) groups excluding carboxylic acids is 1. The number of ether oxygens (including phenoxy) is 1. The number of ketones is 1. The van der Waals surface area contributed by atoms with Crippen LogP contribution in [0.25, 0.3) is 0 Å². The van der Waals surface area contributed by atoms with Crippen LogP contribution in [0.15, 0.2) is 24.3 Å². The molecule has 2 nitrogen and oxygen atoms in total. The summed E-state index contributed by atoms with van der Waals surface area (Å²) in [6, 6.07) is 7.59. The summed E-state index contributed by atoms with van der Waals surface area (Å²) < 4.78 is 5.51. The second-order valence-electron chi connectivity index (χ2n) is 3.47. The molecule has 0 aliphatic heterocycles. The Kier molecular flexibility index (Phi) is 2.85. The number of rotatable bonds is 3. The van der Waals surface area contributed by atoms with E-state index in [-0.39, 0.29) is 11.9 Å². The van der Waals surface area contributed by atoms with E-state index in [0.717, 1.165) is 10.6 Å². The van der Waals surface area contributed by atoms with Gasteiger partial charge in [0.05, 0.1) is 12.7 Å². The average Bonchev–Trinajstić information content (AvgIpc) is 2.13. The highest BCUT2D eigenvalue weighted by atomic mass is 35.5. The first-order valence-corrected chi connectivity index (χ1v) is 5.00. The molecule has 1 aliphatic rings. The van der Waals surface area contributed by atoms with E-state index in [0.29, 0.717) is 19.4 Å². The van der Waals surface area contributed by atoms with Crippen molar-refractivity contribution < 1.29 is 9.53 Å². The van der Waals surface area contributed by atoms with Crippen LogP contribution in [0, 0.1) is 0 Å². The lowest BCUT2D eigenvalue weighted by Crippen LogP contribution is -2.31. The largest absolute Gasteiger partial charge is 0.373 e. The van der Waals surface area contributed by atoms with Gasteiger partial charge in [-0.1, -0.05) is 29.8 Å². The Balaban J connectivity index is 1.86. The average molecular weight is 211 g/mol. The lowest BCUT2D eigenvalue weighted by Gasteiger charge is -2.24. The minimum absolute atomic E-state index is 0.110. The number of hydrogen-bond acceptors (Lipinski definition) is 2.